The summed E-state index contributed by atoms with van der Waals surface area (Å²) in [4.78, 5) is 38.8. The van der Waals surface area contributed by atoms with Gasteiger partial charge in [-0.05, 0) is 69.6 Å². The van der Waals surface area contributed by atoms with Crippen LogP contribution in [0, 0.1) is 28.1 Å². The molecular weight excluding hydrogens is 460 g/mol. The maximum absolute atomic E-state index is 13.6. The Morgan fingerprint density at radius 1 is 1.16 bits per heavy atom. The van der Waals surface area contributed by atoms with Gasteiger partial charge in [0, 0.05) is 29.2 Å². The van der Waals surface area contributed by atoms with E-state index in [9.17, 15) is 14.4 Å². The lowest BCUT2D eigenvalue weighted by molar-refractivity contribution is -0.195. The van der Waals surface area contributed by atoms with Gasteiger partial charge in [-0.2, -0.15) is 0 Å². The van der Waals surface area contributed by atoms with Gasteiger partial charge in [-0.15, -0.1) is 0 Å². The minimum Gasteiger partial charge on any atom is -0.464 e. The number of esters is 2. The van der Waals surface area contributed by atoms with Crippen molar-refractivity contribution in [1.29, 1.82) is 0 Å². The van der Waals surface area contributed by atoms with Crippen LogP contribution in [0.2, 0.25) is 0 Å². The molecule has 0 amide bonds. The van der Waals surface area contributed by atoms with Crippen LogP contribution >= 0.6 is 15.9 Å². The highest BCUT2D eigenvalue weighted by Gasteiger charge is 2.72. The lowest BCUT2D eigenvalue weighted by atomic mass is 9.40. The topological polar surface area (TPSA) is 69.7 Å². The van der Waals surface area contributed by atoms with E-state index in [2.05, 4.69) is 36.4 Å². The molecule has 0 aromatic heterocycles. The molecule has 172 valence electrons. The molecule has 0 aromatic carbocycles. The zero-order chi connectivity index (χ0) is 22.8. The van der Waals surface area contributed by atoms with Crippen LogP contribution in [0.3, 0.4) is 0 Å². The zero-order valence-corrected chi connectivity index (χ0v) is 20.8. The summed E-state index contributed by atoms with van der Waals surface area (Å²) in [5.41, 5.74) is -1.50. The van der Waals surface area contributed by atoms with E-state index in [1.54, 1.807) is 0 Å². The summed E-state index contributed by atoms with van der Waals surface area (Å²) < 4.78 is 11.5. The van der Waals surface area contributed by atoms with Crippen molar-refractivity contribution < 1.29 is 23.9 Å². The molecule has 0 heterocycles. The standard InChI is InChI=1S/C25H35BrO5/c1-15(26)13-30-21(29)23(5)10-6-9-22(4)18(23)7-11-24-14-25(31-17(3)27,12-8-19(22)24)16(2)20(24)28/h15,18-19H,2,6-14H2,1,3-5H3/t15?,18-,19-,22+,23+,24+,25+/m0/s1. The Morgan fingerprint density at radius 2 is 1.84 bits per heavy atom. The third-order valence-corrected chi connectivity index (χ3v) is 9.55. The SMILES string of the molecule is C=C1C(=O)[C@@]23CC[C@H]4[C@@](C)(CCC[C@@]4(C)C(=O)OCC(C)Br)[C@@H]2CC[C@@]1(OC(C)=O)C3. The van der Waals surface area contributed by atoms with Gasteiger partial charge in [-0.25, -0.2) is 0 Å². The van der Waals surface area contributed by atoms with Gasteiger partial charge in [0.2, 0.25) is 0 Å². The number of halogens is 1. The fourth-order valence-electron chi connectivity index (χ4n) is 8.12. The smallest absolute Gasteiger partial charge is 0.312 e. The molecule has 0 N–H and O–H groups in total. The van der Waals surface area contributed by atoms with E-state index in [1.807, 2.05) is 6.92 Å². The lowest BCUT2D eigenvalue weighted by Crippen LogP contribution is -2.60. The molecule has 0 aromatic rings. The van der Waals surface area contributed by atoms with Crippen molar-refractivity contribution in [2.24, 2.45) is 28.1 Å². The second-order valence-corrected chi connectivity index (χ2v) is 12.6. The molecule has 6 heteroatoms. The first-order valence-corrected chi connectivity index (χ1v) is 12.6. The number of alkyl halides is 1. The second-order valence-electron chi connectivity index (χ2n) is 11.1. The van der Waals surface area contributed by atoms with Gasteiger partial charge in [-0.3, -0.25) is 14.4 Å². The number of fused-ring (bicyclic) bond motifs is 3. The average molecular weight is 495 g/mol. The van der Waals surface area contributed by atoms with Crippen LogP contribution in [0.4, 0.5) is 0 Å². The van der Waals surface area contributed by atoms with Gasteiger partial charge in [0.1, 0.15) is 12.2 Å². The molecule has 0 saturated heterocycles. The Labute approximate surface area is 193 Å². The monoisotopic (exact) mass is 494 g/mol. The number of hydrogen-bond donors (Lipinski definition) is 0. The summed E-state index contributed by atoms with van der Waals surface area (Å²) in [6, 6.07) is 0. The van der Waals surface area contributed by atoms with Crippen molar-refractivity contribution >= 4 is 33.7 Å². The van der Waals surface area contributed by atoms with Gasteiger partial charge in [-0.1, -0.05) is 35.9 Å². The van der Waals surface area contributed by atoms with Crippen molar-refractivity contribution in [3.05, 3.63) is 12.2 Å². The molecule has 4 aliphatic rings. The summed E-state index contributed by atoms with van der Waals surface area (Å²) in [5.74, 6) is 0.0113. The van der Waals surface area contributed by atoms with Crippen molar-refractivity contribution in [1.82, 2.24) is 0 Å². The van der Waals surface area contributed by atoms with Crippen LogP contribution in [0.5, 0.6) is 0 Å². The van der Waals surface area contributed by atoms with Gasteiger partial charge in [0.05, 0.1) is 5.41 Å². The maximum atomic E-state index is 13.6. The Morgan fingerprint density at radius 3 is 2.48 bits per heavy atom. The van der Waals surface area contributed by atoms with E-state index in [0.29, 0.717) is 25.0 Å². The maximum Gasteiger partial charge on any atom is 0.312 e. The Hall–Kier alpha value is -1.17. The number of ketones is 1. The molecule has 4 fully saturated rings. The molecule has 0 aliphatic heterocycles. The van der Waals surface area contributed by atoms with E-state index < -0.39 is 16.4 Å². The number of carbonyl (C=O) groups excluding carboxylic acids is 3. The first-order valence-electron chi connectivity index (χ1n) is 11.7. The Kier molecular flexibility index (Phi) is 5.51. The van der Waals surface area contributed by atoms with Crippen molar-refractivity contribution in [2.75, 3.05) is 6.61 Å². The predicted octanol–water partition coefficient (Wildman–Crippen LogP) is 5.15. The molecule has 2 bridgehead atoms. The van der Waals surface area contributed by atoms with Crippen molar-refractivity contribution in [3.8, 4) is 0 Å². The molecule has 1 unspecified atom stereocenters. The molecule has 7 atom stereocenters. The third-order valence-electron chi connectivity index (χ3n) is 9.28. The molecule has 4 aliphatic carbocycles. The molecule has 4 saturated carbocycles. The molecule has 31 heavy (non-hydrogen) atoms. The van der Waals surface area contributed by atoms with Crippen molar-refractivity contribution in [3.63, 3.8) is 0 Å². The van der Waals surface area contributed by atoms with Crippen LogP contribution in [0.1, 0.15) is 79.1 Å². The van der Waals surface area contributed by atoms with Gasteiger partial charge in [0.15, 0.2) is 5.78 Å². The molecular formula is C25H35BrO5. The first-order chi connectivity index (χ1) is 14.4. The highest BCUT2D eigenvalue weighted by Crippen LogP contribution is 2.72. The molecule has 0 radical (unpaired) electrons. The summed E-state index contributed by atoms with van der Waals surface area (Å²) >= 11 is 3.47. The van der Waals surface area contributed by atoms with E-state index in [0.717, 1.165) is 38.5 Å². The number of carbonyl (C=O) groups is 3. The van der Waals surface area contributed by atoms with E-state index in [4.69, 9.17) is 9.47 Å². The van der Waals surface area contributed by atoms with E-state index in [1.165, 1.54) is 6.92 Å². The largest absolute Gasteiger partial charge is 0.464 e. The Balaban J connectivity index is 1.67. The summed E-state index contributed by atoms with van der Waals surface area (Å²) in [6.07, 6.45) is 6.39. The number of Topliss-reactive ketones (excluding diaryl/α,β-unsaturated/α-hetero) is 1. The summed E-state index contributed by atoms with van der Waals surface area (Å²) in [5, 5.41) is 0. The number of hydrogen-bond acceptors (Lipinski definition) is 5. The summed E-state index contributed by atoms with van der Waals surface area (Å²) in [7, 11) is 0. The molecule has 1 spiro atoms. The van der Waals surface area contributed by atoms with Crippen LogP contribution in [0.25, 0.3) is 0 Å². The van der Waals surface area contributed by atoms with Gasteiger partial charge >= 0.3 is 11.9 Å². The minimum atomic E-state index is -0.828. The summed E-state index contributed by atoms with van der Waals surface area (Å²) in [6.45, 7) is 12.2. The Bertz CT molecular complexity index is 836. The quantitative estimate of drug-likeness (QED) is 0.307. The number of ether oxygens (including phenoxy) is 2. The van der Waals surface area contributed by atoms with Crippen LogP contribution in [-0.2, 0) is 23.9 Å². The average Bonchev–Trinajstić information content (AvgIpc) is 2.82. The van der Waals surface area contributed by atoms with Crippen LogP contribution in [-0.4, -0.2) is 34.8 Å². The third kappa shape index (κ3) is 3.18. The normalized spacial score (nSPS) is 44.8. The minimum absolute atomic E-state index is 0.0962. The first kappa shape index (κ1) is 23.0. The molecule has 5 nitrogen and oxygen atoms in total. The highest BCUT2D eigenvalue weighted by atomic mass is 79.9. The lowest BCUT2D eigenvalue weighted by Gasteiger charge is -2.63. The zero-order valence-electron chi connectivity index (χ0n) is 19.2. The molecule has 4 rings (SSSR count). The fraction of sp³-hybridized carbons (Fsp3) is 0.800. The van der Waals surface area contributed by atoms with E-state index >= 15 is 0 Å². The fourth-order valence-corrected chi connectivity index (χ4v) is 8.25. The van der Waals surface area contributed by atoms with Crippen LogP contribution in [0.15, 0.2) is 12.2 Å². The predicted molar refractivity (Wildman–Crippen MR) is 121 cm³/mol. The highest BCUT2D eigenvalue weighted by molar-refractivity contribution is 9.09. The van der Waals surface area contributed by atoms with E-state index in [-0.39, 0.29) is 39.8 Å². The van der Waals surface area contributed by atoms with Crippen LogP contribution < -0.4 is 0 Å². The van der Waals surface area contributed by atoms with Gasteiger partial charge in [0.25, 0.3) is 0 Å². The van der Waals surface area contributed by atoms with Gasteiger partial charge < -0.3 is 9.47 Å². The second kappa shape index (κ2) is 7.43. The number of rotatable bonds is 4. The van der Waals surface area contributed by atoms with Crippen molar-refractivity contribution in [2.45, 2.75) is 89.5 Å².